The Morgan fingerprint density at radius 1 is 1.56 bits per heavy atom. The van der Waals surface area contributed by atoms with E-state index in [0.29, 0.717) is 12.2 Å². The molecule has 3 N–H and O–H groups in total. The van der Waals surface area contributed by atoms with Crippen LogP contribution >= 0.6 is 0 Å². The zero-order valence-electron chi connectivity index (χ0n) is 10.7. The largest absolute Gasteiger partial charge is 0.397 e. The first-order valence-electron chi connectivity index (χ1n) is 5.98. The Balaban J connectivity index is 2.20. The summed E-state index contributed by atoms with van der Waals surface area (Å²) in [5.74, 6) is -0.310. The summed E-state index contributed by atoms with van der Waals surface area (Å²) in [6, 6.07) is 4.37. The summed E-state index contributed by atoms with van der Waals surface area (Å²) in [6.07, 6.45) is 0.767. The summed E-state index contributed by atoms with van der Waals surface area (Å²) < 4.78 is 13.0. The molecule has 1 unspecified atom stereocenters. The molecule has 0 spiro atoms. The number of carbonyl (C=O) groups excluding carboxylic acids is 1. The van der Waals surface area contributed by atoms with E-state index in [-0.39, 0.29) is 11.7 Å². The van der Waals surface area contributed by atoms with E-state index in [1.807, 2.05) is 11.8 Å². The molecule has 4 nitrogen and oxygen atoms in total. The van der Waals surface area contributed by atoms with Crippen molar-refractivity contribution in [2.45, 2.75) is 13.3 Å². The molecule has 1 heterocycles. The molecule has 1 aromatic rings. The van der Waals surface area contributed by atoms with Gasteiger partial charge >= 0.3 is 0 Å². The molecule has 0 aliphatic carbocycles. The Hall–Kier alpha value is -1.78. The van der Waals surface area contributed by atoms with Crippen LogP contribution in [0.5, 0.6) is 0 Å². The second-order valence-corrected chi connectivity index (χ2v) is 5.01. The van der Waals surface area contributed by atoms with Crippen molar-refractivity contribution in [2.75, 3.05) is 30.8 Å². The zero-order valence-corrected chi connectivity index (χ0v) is 10.7. The molecule has 98 valence electrons. The lowest BCUT2D eigenvalue weighted by atomic mass is 9.89. The summed E-state index contributed by atoms with van der Waals surface area (Å²) >= 11 is 0. The van der Waals surface area contributed by atoms with Crippen LogP contribution in [-0.2, 0) is 4.79 Å². The van der Waals surface area contributed by atoms with Crippen molar-refractivity contribution in [3.05, 3.63) is 24.0 Å². The van der Waals surface area contributed by atoms with Crippen molar-refractivity contribution in [3.8, 4) is 0 Å². The Morgan fingerprint density at radius 3 is 2.89 bits per heavy atom. The van der Waals surface area contributed by atoms with Crippen molar-refractivity contribution in [3.63, 3.8) is 0 Å². The minimum absolute atomic E-state index is 0.0330. The molecule has 1 aromatic carbocycles. The van der Waals surface area contributed by atoms with Crippen LogP contribution in [0, 0.1) is 11.2 Å². The van der Waals surface area contributed by atoms with Gasteiger partial charge in [0, 0.05) is 20.1 Å². The molecule has 5 heteroatoms. The van der Waals surface area contributed by atoms with Gasteiger partial charge < -0.3 is 16.0 Å². The van der Waals surface area contributed by atoms with Gasteiger partial charge in [0.2, 0.25) is 5.91 Å². The van der Waals surface area contributed by atoms with Crippen LogP contribution in [0.2, 0.25) is 0 Å². The molecular weight excluding hydrogens is 233 g/mol. The summed E-state index contributed by atoms with van der Waals surface area (Å²) in [4.78, 5) is 13.9. The average Bonchev–Trinajstić information content (AvgIpc) is 2.72. The molecular formula is C13H18FN3O. The maximum absolute atomic E-state index is 13.0. The van der Waals surface area contributed by atoms with Crippen LogP contribution in [0.25, 0.3) is 0 Å². The highest BCUT2D eigenvalue weighted by Gasteiger charge is 2.40. The van der Waals surface area contributed by atoms with Crippen LogP contribution in [0.1, 0.15) is 13.3 Å². The molecule has 0 aromatic heterocycles. The smallest absolute Gasteiger partial charge is 0.227 e. The molecule has 1 aliphatic heterocycles. The topological polar surface area (TPSA) is 58.4 Å². The van der Waals surface area contributed by atoms with Crippen LogP contribution < -0.4 is 16.0 Å². The lowest BCUT2D eigenvalue weighted by molar-refractivity contribution is -0.128. The molecule has 1 amide bonds. The first-order chi connectivity index (χ1) is 8.46. The van der Waals surface area contributed by atoms with E-state index in [1.54, 1.807) is 13.1 Å². The fourth-order valence-corrected chi connectivity index (χ4v) is 2.47. The molecule has 2 rings (SSSR count). The molecule has 0 saturated carbocycles. The number of hydrogen-bond donors (Lipinski definition) is 2. The van der Waals surface area contributed by atoms with Crippen molar-refractivity contribution in [2.24, 2.45) is 5.41 Å². The molecule has 1 saturated heterocycles. The van der Waals surface area contributed by atoms with Gasteiger partial charge in [-0.05, 0) is 31.5 Å². The van der Waals surface area contributed by atoms with E-state index in [1.165, 1.54) is 12.1 Å². The standard InChI is InChI=1S/C13H18FN3O/c1-13(12(18)16-2)5-6-17(8-13)11-4-3-9(14)7-10(11)15/h3-4,7H,5-6,8,15H2,1-2H3,(H,16,18). The van der Waals surface area contributed by atoms with Gasteiger partial charge in [-0.15, -0.1) is 0 Å². The summed E-state index contributed by atoms with van der Waals surface area (Å²) in [5, 5.41) is 2.69. The van der Waals surface area contributed by atoms with Crippen molar-refractivity contribution in [1.29, 1.82) is 0 Å². The minimum Gasteiger partial charge on any atom is -0.397 e. The Morgan fingerprint density at radius 2 is 2.28 bits per heavy atom. The summed E-state index contributed by atoms with van der Waals surface area (Å²) in [7, 11) is 1.64. The monoisotopic (exact) mass is 251 g/mol. The summed E-state index contributed by atoms with van der Waals surface area (Å²) in [5.41, 5.74) is 6.62. The third-order valence-corrected chi connectivity index (χ3v) is 3.58. The molecule has 1 fully saturated rings. The van der Waals surface area contributed by atoms with Gasteiger partial charge in [-0.2, -0.15) is 0 Å². The highest BCUT2D eigenvalue weighted by molar-refractivity contribution is 5.84. The quantitative estimate of drug-likeness (QED) is 0.780. The lowest BCUT2D eigenvalue weighted by Gasteiger charge is -2.24. The SMILES string of the molecule is CNC(=O)C1(C)CCN(c2ccc(F)cc2N)C1. The molecule has 1 atom stereocenters. The molecule has 18 heavy (non-hydrogen) atoms. The number of benzene rings is 1. The number of nitrogen functional groups attached to an aromatic ring is 1. The van der Waals surface area contributed by atoms with Gasteiger partial charge in [-0.3, -0.25) is 4.79 Å². The molecule has 0 bridgehead atoms. The third kappa shape index (κ3) is 2.12. The number of carbonyl (C=O) groups is 1. The Labute approximate surface area is 106 Å². The van der Waals surface area contributed by atoms with E-state index in [4.69, 9.17) is 5.73 Å². The second kappa shape index (κ2) is 4.48. The number of hydrogen-bond acceptors (Lipinski definition) is 3. The highest BCUT2D eigenvalue weighted by atomic mass is 19.1. The van der Waals surface area contributed by atoms with E-state index in [0.717, 1.165) is 18.7 Å². The molecule has 1 aliphatic rings. The van der Waals surface area contributed by atoms with Gasteiger partial charge in [0.25, 0.3) is 0 Å². The predicted molar refractivity (Wildman–Crippen MR) is 69.8 cm³/mol. The van der Waals surface area contributed by atoms with Crippen LogP contribution in [0.15, 0.2) is 18.2 Å². The first kappa shape index (κ1) is 12.7. The van der Waals surface area contributed by atoms with Crippen LogP contribution in [-0.4, -0.2) is 26.0 Å². The highest BCUT2D eigenvalue weighted by Crippen LogP contribution is 2.35. The third-order valence-electron chi connectivity index (χ3n) is 3.58. The fourth-order valence-electron chi connectivity index (χ4n) is 2.47. The van der Waals surface area contributed by atoms with Gasteiger partial charge in [0.15, 0.2) is 0 Å². The number of amides is 1. The van der Waals surface area contributed by atoms with E-state index in [9.17, 15) is 9.18 Å². The summed E-state index contributed by atoms with van der Waals surface area (Å²) in [6.45, 7) is 3.29. The first-order valence-corrected chi connectivity index (χ1v) is 5.98. The van der Waals surface area contributed by atoms with Gasteiger partial charge in [0.05, 0.1) is 16.8 Å². The van der Waals surface area contributed by atoms with E-state index in [2.05, 4.69) is 5.32 Å². The average molecular weight is 251 g/mol. The molecule has 0 radical (unpaired) electrons. The van der Waals surface area contributed by atoms with Gasteiger partial charge in [-0.25, -0.2) is 4.39 Å². The van der Waals surface area contributed by atoms with Crippen molar-refractivity contribution < 1.29 is 9.18 Å². The minimum atomic E-state index is -0.407. The number of nitrogens with two attached hydrogens (primary N) is 1. The predicted octanol–water partition coefficient (Wildman–Crippen LogP) is 1.37. The van der Waals surface area contributed by atoms with E-state index < -0.39 is 5.41 Å². The number of nitrogens with zero attached hydrogens (tertiary/aromatic N) is 1. The maximum atomic E-state index is 13.0. The van der Waals surface area contributed by atoms with Crippen molar-refractivity contribution >= 4 is 17.3 Å². The maximum Gasteiger partial charge on any atom is 0.227 e. The van der Waals surface area contributed by atoms with Crippen LogP contribution in [0.3, 0.4) is 0 Å². The lowest BCUT2D eigenvalue weighted by Crippen LogP contribution is -2.39. The number of nitrogens with one attached hydrogen (secondary N) is 1. The second-order valence-electron chi connectivity index (χ2n) is 5.01. The van der Waals surface area contributed by atoms with Crippen LogP contribution in [0.4, 0.5) is 15.8 Å². The normalized spacial score (nSPS) is 23.2. The van der Waals surface area contributed by atoms with Gasteiger partial charge in [0.1, 0.15) is 5.82 Å². The Kier molecular flexibility index (Phi) is 3.15. The van der Waals surface area contributed by atoms with Gasteiger partial charge in [-0.1, -0.05) is 0 Å². The number of halogens is 1. The zero-order chi connectivity index (χ0) is 13.3. The number of anilines is 2. The fraction of sp³-hybridized carbons (Fsp3) is 0.462. The number of rotatable bonds is 2. The van der Waals surface area contributed by atoms with E-state index >= 15 is 0 Å². The van der Waals surface area contributed by atoms with Crippen molar-refractivity contribution in [1.82, 2.24) is 5.32 Å². The Bertz CT molecular complexity index is 477.